The van der Waals surface area contributed by atoms with Gasteiger partial charge in [-0.15, -0.1) is 11.3 Å². The number of rotatable bonds is 4. The van der Waals surface area contributed by atoms with Crippen molar-refractivity contribution in [2.24, 2.45) is 0 Å². The summed E-state index contributed by atoms with van der Waals surface area (Å²) >= 11 is 1.48. The van der Waals surface area contributed by atoms with E-state index in [4.69, 9.17) is 0 Å². The highest BCUT2D eigenvalue weighted by Crippen LogP contribution is 2.28. The molecule has 2 aromatic carbocycles. The van der Waals surface area contributed by atoms with Gasteiger partial charge in [0.15, 0.2) is 0 Å². The minimum atomic E-state index is -0.0230. The fourth-order valence-corrected chi connectivity index (χ4v) is 3.24. The van der Waals surface area contributed by atoms with Gasteiger partial charge in [0, 0.05) is 5.56 Å². The summed E-state index contributed by atoms with van der Waals surface area (Å²) in [5.41, 5.74) is 3.17. The highest BCUT2D eigenvalue weighted by Gasteiger charge is 2.16. The molecule has 0 spiro atoms. The SMILES string of the molecule is C[C@H](NC(=O)c1sccc1-c1ccccc1)c1ccccc1. The van der Waals surface area contributed by atoms with Crippen molar-refractivity contribution in [3.8, 4) is 11.1 Å². The minimum absolute atomic E-state index is 0.0144. The smallest absolute Gasteiger partial charge is 0.262 e. The fourth-order valence-electron chi connectivity index (χ4n) is 2.42. The van der Waals surface area contributed by atoms with Crippen molar-refractivity contribution in [2.75, 3.05) is 0 Å². The molecule has 0 unspecified atom stereocenters. The molecular formula is C19H17NOS. The van der Waals surface area contributed by atoms with Crippen LogP contribution in [0.5, 0.6) is 0 Å². The zero-order valence-corrected chi connectivity index (χ0v) is 13.1. The lowest BCUT2D eigenvalue weighted by Gasteiger charge is -2.14. The van der Waals surface area contributed by atoms with Gasteiger partial charge in [-0.05, 0) is 29.5 Å². The topological polar surface area (TPSA) is 29.1 Å². The van der Waals surface area contributed by atoms with Crippen molar-refractivity contribution in [3.05, 3.63) is 82.6 Å². The highest BCUT2D eigenvalue weighted by atomic mass is 32.1. The molecule has 1 amide bonds. The number of carbonyl (C=O) groups excluding carboxylic acids is 1. The van der Waals surface area contributed by atoms with Crippen LogP contribution < -0.4 is 5.32 Å². The van der Waals surface area contributed by atoms with Crippen LogP contribution >= 0.6 is 11.3 Å². The average Bonchev–Trinajstić information content (AvgIpc) is 3.06. The third-order valence-corrected chi connectivity index (χ3v) is 4.52. The van der Waals surface area contributed by atoms with Crippen molar-refractivity contribution < 1.29 is 4.79 Å². The number of thiophene rings is 1. The molecule has 1 aromatic heterocycles. The molecule has 2 nitrogen and oxygen atoms in total. The molecule has 3 heteroatoms. The molecule has 0 saturated carbocycles. The molecule has 0 bridgehead atoms. The number of hydrogen-bond donors (Lipinski definition) is 1. The lowest BCUT2D eigenvalue weighted by Crippen LogP contribution is -2.26. The third kappa shape index (κ3) is 3.10. The monoisotopic (exact) mass is 307 g/mol. The fraction of sp³-hybridized carbons (Fsp3) is 0.105. The summed E-state index contributed by atoms with van der Waals surface area (Å²) in [5.74, 6) is -0.0230. The quantitative estimate of drug-likeness (QED) is 0.729. The molecule has 110 valence electrons. The van der Waals surface area contributed by atoms with Crippen molar-refractivity contribution in [1.29, 1.82) is 0 Å². The van der Waals surface area contributed by atoms with E-state index in [2.05, 4.69) is 5.32 Å². The first kappa shape index (κ1) is 14.5. The molecule has 22 heavy (non-hydrogen) atoms. The molecule has 0 aliphatic rings. The normalized spacial score (nSPS) is 11.9. The van der Waals surface area contributed by atoms with Crippen LogP contribution in [0.2, 0.25) is 0 Å². The van der Waals surface area contributed by atoms with Crippen LogP contribution in [0.15, 0.2) is 72.1 Å². The minimum Gasteiger partial charge on any atom is -0.345 e. The van der Waals surface area contributed by atoms with E-state index < -0.39 is 0 Å². The summed E-state index contributed by atoms with van der Waals surface area (Å²) < 4.78 is 0. The van der Waals surface area contributed by atoms with Crippen molar-refractivity contribution >= 4 is 17.2 Å². The Morgan fingerprint density at radius 1 is 0.955 bits per heavy atom. The maximum Gasteiger partial charge on any atom is 0.262 e. The van der Waals surface area contributed by atoms with E-state index in [1.54, 1.807) is 0 Å². The molecule has 1 heterocycles. The molecule has 1 N–H and O–H groups in total. The van der Waals surface area contributed by atoms with Crippen LogP contribution in [-0.2, 0) is 0 Å². The number of benzene rings is 2. The lowest BCUT2D eigenvalue weighted by molar-refractivity contribution is 0.0944. The first-order valence-electron chi connectivity index (χ1n) is 7.24. The van der Waals surface area contributed by atoms with E-state index in [1.165, 1.54) is 11.3 Å². The van der Waals surface area contributed by atoms with E-state index in [-0.39, 0.29) is 11.9 Å². The van der Waals surface area contributed by atoms with Gasteiger partial charge in [-0.1, -0.05) is 60.7 Å². The van der Waals surface area contributed by atoms with Gasteiger partial charge in [-0.25, -0.2) is 0 Å². The third-order valence-electron chi connectivity index (χ3n) is 3.60. The van der Waals surface area contributed by atoms with Crippen LogP contribution in [0.25, 0.3) is 11.1 Å². The van der Waals surface area contributed by atoms with Crippen LogP contribution in [-0.4, -0.2) is 5.91 Å². The van der Waals surface area contributed by atoms with E-state index in [9.17, 15) is 4.79 Å². The summed E-state index contributed by atoms with van der Waals surface area (Å²) in [6.07, 6.45) is 0. The molecule has 0 aliphatic heterocycles. The van der Waals surface area contributed by atoms with E-state index in [1.807, 2.05) is 79.0 Å². The van der Waals surface area contributed by atoms with Crippen LogP contribution in [0.3, 0.4) is 0 Å². The predicted molar refractivity (Wildman–Crippen MR) is 92.1 cm³/mol. The maximum absolute atomic E-state index is 12.6. The van der Waals surface area contributed by atoms with Gasteiger partial charge in [-0.3, -0.25) is 4.79 Å². The van der Waals surface area contributed by atoms with Gasteiger partial charge < -0.3 is 5.32 Å². The lowest BCUT2D eigenvalue weighted by atomic mass is 10.1. The summed E-state index contributed by atoms with van der Waals surface area (Å²) in [4.78, 5) is 13.3. The second kappa shape index (κ2) is 6.58. The van der Waals surface area contributed by atoms with Gasteiger partial charge in [0.25, 0.3) is 5.91 Å². The average molecular weight is 307 g/mol. The molecule has 0 saturated heterocycles. The zero-order valence-electron chi connectivity index (χ0n) is 12.3. The number of nitrogens with one attached hydrogen (secondary N) is 1. The summed E-state index contributed by atoms with van der Waals surface area (Å²) in [7, 11) is 0. The maximum atomic E-state index is 12.6. The van der Waals surface area contributed by atoms with E-state index in [0.29, 0.717) is 0 Å². The van der Waals surface area contributed by atoms with Crippen molar-refractivity contribution in [1.82, 2.24) is 5.32 Å². The van der Waals surface area contributed by atoms with E-state index in [0.717, 1.165) is 21.6 Å². The predicted octanol–water partition coefficient (Wildman–Crippen LogP) is 4.91. The molecule has 0 fully saturated rings. The van der Waals surface area contributed by atoms with Crippen molar-refractivity contribution in [3.63, 3.8) is 0 Å². The van der Waals surface area contributed by atoms with Gasteiger partial charge in [0.05, 0.1) is 10.9 Å². The number of amides is 1. The van der Waals surface area contributed by atoms with Gasteiger partial charge >= 0.3 is 0 Å². The number of carbonyl (C=O) groups is 1. The van der Waals surface area contributed by atoms with Crippen molar-refractivity contribution in [2.45, 2.75) is 13.0 Å². The Morgan fingerprint density at radius 3 is 2.27 bits per heavy atom. The Kier molecular flexibility index (Phi) is 4.35. The summed E-state index contributed by atoms with van der Waals surface area (Å²) in [6, 6.07) is 22.0. The Hall–Kier alpha value is -2.39. The second-order valence-electron chi connectivity index (χ2n) is 5.14. The first-order valence-corrected chi connectivity index (χ1v) is 8.12. The Morgan fingerprint density at radius 2 is 1.59 bits per heavy atom. The molecule has 1 atom stereocenters. The molecule has 3 aromatic rings. The van der Waals surface area contributed by atoms with Crippen LogP contribution in [0, 0.1) is 0 Å². The number of hydrogen-bond acceptors (Lipinski definition) is 2. The second-order valence-corrected chi connectivity index (χ2v) is 6.05. The van der Waals surface area contributed by atoms with Gasteiger partial charge in [0.2, 0.25) is 0 Å². The standard InChI is InChI=1S/C19H17NOS/c1-14(15-8-4-2-5-9-15)20-19(21)18-17(12-13-22-18)16-10-6-3-7-11-16/h2-14H,1H3,(H,20,21)/t14-/m0/s1. The molecule has 0 aliphatic carbocycles. The zero-order chi connectivity index (χ0) is 15.4. The Bertz CT molecular complexity index is 749. The van der Waals surface area contributed by atoms with Gasteiger partial charge in [-0.2, -0.15) is 0 Å². The Labute approximate surface area is 134 Å². The first-order chi connectivity index (χ1) is 10.8. The van der Waals surface area contributed by atoms with Crippen LogP contribution in [0.1, 0.15) is 28.2 Å². The van der Waals surface area contributed by atoms with Crippen LogP contribution in [0.4, 0.5) is 0 Å². The van der Waals surface area contributed by atoms with Gasteiger partial charge in [0.1, 0.15) is 0 Å². The summed E-state index contributed by atoms with van der Waals surface area (Å²) in [6.45, 7) is 2.00. The highest BCUT2D eigenvalue weighted by molar-refractivity contribution is 7.12. The molecule has 0 radical (unpaired) electrons. The molecular weight excluding hydrogens is 290 g/mol. The largest absolute Gasteiger partial charge is 0.345 e. The molecule has 3 rings (SSSR count). The summed E-state index contributed by atoms with van der Waals surface area (Å²) in [5, 5.41) is 5.04. The Balaban J connectivity index is 1.81. The van der Waals surface area contributed by atoms with E-state index >= 15 is 0 Å².